The van der Waals surface area contributed by atoms with Crippen molar-refractivity contribution >= 4 is 28.6 Å². The molecule has 0 amide bonds. The van der Waals surface area contributed by atoms with Gasteiger partial charge in [0.1, 0.15) is 0 Å². The molecule has 0 fully saturated rings. The minimum Gasteiger partial charge on any atom is -0.461 e. The fourth-order valence-electron chi connectivity index (χ4n) is 3.56. The summed E-state index contributed by atoms with van der Waals surface area (Å²) in [5.74, 6) is -0.362. The highest BCUT2D eigenvalue weighted by Crippen LogP contribution is 2.28. The predicted molar refractivity (Wildman–Crippen MR) is 93.3 cm³/mol. The molecule has 4 heteroatoms. The highest BCUT2D eigenvalue weighted by molar-refractivity contribution is 6.53. The Kier molecular flexibility index (Phi) is 3.17. The summed E-state index contributed by atoms with van der Waals surface area (Å²) in [6.07, 6.45) is 0. The van der Waals surface area contributed by atoms with E-state index < -0.39 is 0 Å². The maximum Gasteiger partial charge on any atom is 0.357 e. The lowest BCUT2D eigenvalue weighted by Crippen LogP contribution is -2.19. The third-order valence-corrected chi connectivity index (χ3v) is 4.71. The van der Waals surface area contributed by atoms with Crippen LogP contribution in [0, 0.1) is 24.3 Å². The van der Waals surface area contributed by atoms with Gasteiger partial charge in [-0.05, 0) is 50.5 Å². The lowest BCUT2D eigenvalue weighted by molar-refractivity contribution is -0.134. The van der Waals surface area contributed by atoms with Crippen LogP contribution in [0.1, 0.15) is 25.0 Å². The monoisotopic (exact) mass is 318 g/mol. The Hall–Kier alpha value is -2.75. The molecule has 0 bridgehead atoms. The van der Waals surface area contributed by atoms with Crippen LogP contribution >= 0.6 is 0 Å². The van der Waals surface area contributed by atoms with Crippen molar-refractivity contribution in [3.63, 3.8) is 0 Å². The van der Waals surface area contributed by atoms with E-state index in [9.17, 15) is 4.79 Å². The fourth-order valence-corrected chi connectivity index (χ4v) is 3.56. The molecule has 0 saturated carbocycles. The number of rotatable bonds is 2. The zero-order valence-electron chi connectivity index (χ0n) is 14.2. The molecule has 2 heterocycles. The van der Waals surface area contributed by atoms with Crippen molar-refractivity contribution < 1.29 is 9.53 Å². The highest BCUT2D eigenvalue weighted by atomic mass is 16.5. The Balaban J connectivity index is 2.07. The summed E-state index contributed by atoms with van der Waals surface area (Å²) in [6, 6.07) is 8.25. The van der Waals surface area contributed by atoms with Gasteiger partial charge in [0.2, 0.25) is 0 Å². The number of fused-ring (bicyclic) bond motifs is 3. The van der Waals surface area contributed by atoms with Crippen LogP contribution in [0.2, 0.25) is 0 Å². The molecule has 0 atom stereocenters. The smallest absolute Gasteiger partial charge is 0.357 e. The van der Waals surface area contributed by atoms with Gasteiger partial charge >= 0.3 is 5.97 Å². The van der Waals surface area contributed by atoms with Crippen LogP contribution in [0.3, 0.4) is 0 Å². The minimum atomic E-state index is -0.362. The summed E-state index contributed by atoms with van der Waals surface area (Å²) in [4.78, 5) is 21.5. The van der Waals surface area contributed by atoms with Gasteiger partial charge in [-0.25, -0.2) is 14.8 Å². The third-order valence-electron chi connectivity index (χ3n) is 4.71. The molecule has 0 aromatic heterocycles. The average Bonchev–Trinajstić information content (AvgIpc) is 3.08. The number of carbonyl (C=O) groups is 1. The molecule has 0 N–H and O–H groups in total. The number of hydrogen-bond acceptors (Lipinski definition) is 4. The van der Waals surface area contributed by atoms with Crippen LogP contribution in [-0.4, -0.2) is 18.3 Å². The normalized spacial score (nSPS) is 13.8. The molecule has 4 nitrogen and oxygen atoms in total. The molecule has 0 aliphatic carbocycles. The van der Waals surface area contributed by atoms with Gasteiger partial charge < -0.3 is 4.74 Å². The van der Waals surface area contributed by atoms with Crippen molar-refractivity contribution in [1.29, 1.82) is 0 Å². The molecule has 2 aliphatic rings. The SMILES string of the molecule is CCOC(=O)C1=Nc2cc3c(c(C)c2=C1C)N=c1c(C)cccc1=3. The first-order valence-corrected chi connectivity index (χ1v) is 8.12. The molecule has 0 spiro atoms. The standard InChI is InChI=1S/C20H18N2O2/c1-5-24-20(23)19-12(4)16-11(3)18-14(9-15(16)21-19)13-8-6-7-10(2)17(13)22-18/h6-9H,5H2,1-4H3. The first kappa shape index (κ1) is 14.8. The van der Waals surface area contributed by atoms with Crippen LogP contribution < -0.4 is 10.6 Å². The summed E-state index contributed by atoms with van der Waals surface area (Å²) >= 11 is 0. The second-order valence-corrected chi connectivity index (χ2v) is 6.18. The van der Waals surface area contributed by atoms with Crippen molar-refractivity contribution in [2.45, 2.75) is 27.7 Å². The van der Waals surface area contributed by atoms with Gasteiger partial charge in [-0.2, -0.15) is 0 Å². The van der Waals surface area contributed by atoms with E-state index in [0.29, 0.717) is 12.3 Å². The number of hydrogen-bond donors (Lipinski definition) is 0. The summed E-state index contributed by atoms with van der Waals surface area (Å²) in [6.45, 7) is 8.20. The molecule has 2 aromatic carbocycles. The maximum atomic E-state index is 12.1. The van der Waals surface area contributed by atoms with Crippen molar-refractivity contribution in [3.8, 4) is 0 Å². The zero-order valence-corrected chi connectivity index (χ0v) is 14.2. The second kappa shape index (κ2) is 5.13. The minimum absolute atomic E-state index is 0.346. The van der Waals surface area contributed by atoms with Crippen molar-refractivity contribution in [2.75, 3.05) is 6.61 Å². The summed E-state index contributed by atoms with van der Waals surface area (Å²) in [7, 11) is 0. The van der Waals surface area contributed by atoms with Gasteiger partial charge in [0.25, 0.3) is 0 Å². The van der Waals surface area contributed by atoms with Crippen LogP contribution in [0.25, 0.3) is 5.57 Å². The summed E-state index contributed by atoms with van der Waals surface area (Å²) < 4.78 is 5.13. The Morgan fingerprint density at radius 3 is 2.67 bits per heavy atom. The van der Waals surface area contributed by atoms with E-state index >= 15 is 0 Å². The van der Waals surface area contributed by atoms with Crippen molar-refractivity contribution in [3.05, 3.63) is 56.4 Å². The number of esters is 1. The Morgan fingerprint density at radius 2 is 1.92 bits per heavy atom. The maximum absolute atomic E-state index is 12.1. The molecule has 2 aliphatic heterocycles. The van der Waals surface area contributed by atoms with E-state index in [4.69, 9.17) is 9.73 Å². The molecular formula is C20H18N2O2. The van der Waals surface area contributed by atoms with E-state index in [1.807, 2.05) is 19.1 Å². The number of ether oxygens (including phenoxy) is 1. The first-order chi connectivity index (χ1) is 11.5. The van der Waals surface area contributed by atoms with E-state index in [0.717, 1.165) is 43.5 Å². The van der Waals surface area contributed by atoms with Gasteiger partial charge in [-0.15, -0.1) is 0 Å². The van der Waals surface area contributed by atoms with E-state index in [1.54, 1.807) is 6.92 Å². The van der Waals surface area contributed by atoms with E-state index in [1.165, 1.54) is 5.56 Å². The lowest BCUT2D eigenvalue weighted by atomic mass is 10.0. The molecular weight excluding hydrogens is 300 g/mol. The van der Waals surface area contributed by atoms with Gasteiger partial charge in [-0.1, -0.05) is 18.2 Å². The quantitative estimate of drug-likeness (QED) is 0.682. The van der Waals surface area contributed by atoms with Gasteiger partial charge in [0.05, 0.1) is 23.3 Å². The Labute approximate surface area is 139 Å². The highest BCUT2D eigenvalue weighted by Gasteiger charge is 2.24. The first-order valence-electron chi connectivity index (χ1n) is 8.12. The number of para-hydroxylation sites is 1. The summed E-state index contributed by atoms with van der Waals surface area (Å²) in [5.41, 5.74) is 5.32. The number of aryl methyl sites for hydroxylation is 1. The molecule has 0 unspecified atom stereocenters. The molecule has 4 rings (SSSR count). The second-order valence-electron chi connectivity index (χ2n) is 6.18. The predicted octanol–water partition coefficient (Wildman–Crippen LogP) is 2.67. The molecule has 24 heavy (non-hydrogen) atoms. The molecule has 2 aromatic rings. The molecule has 120 valence electrons. The third kappa shape index (κ3) is 1.89. The number of benzene rings is 2. The van der Waals surface area contributed by atoms with Gasteiger partial charge in [0, 0.05) is 15.7 Å². The van der Waals surface area contributed by atoms with Crippen LogP contribution in [-0.2, 0) is 9.53 Å². The summed E-state index contributed by atoms with van der Waals surface area (Å²) in [5, 5.41) is 4.26. The van der Waals surface area contributed by atoms with Gasteiger partial charge in [0.15, 0.2) is 5.71 Å². The molecule has 0 saturated heterocycles. The van der Waals surface area contributed by atoms with Crippen LogP contribution in [0.15, 0.2) is 34.3 Å². The number of aliphatic imine (C=N–C) groups is 1. The topological polar surface area (TPSA) is 51.0 Å². The molecule has 0 radical (unpaired) electrons. The Morgan fingerprint density at radius 1 is 1.12 bits per heavy atom. The van der Waals surface area contributed by atoms with E-state index in [-0.39, 0.29) is 5.97 Å². The average molecular weight is 318 g/mol. The lowest BCUT2D eigenvalue weighted by Gasteiger charge is -2.03. The zero-order chi connectivity index (χ0) is 17.0. The van der Waals surface area contributed by atoms with E-state index in [2.05, 4.69) is 31.0 Å². The van der Waals surface area contributed by atoms with Gasteiger partial charge in [-0.3, -0.25) is 0 Å². The number of nitrogens with zero attached hydrogens (tertiary/aromatic N) is 2. The Bertz CT molecular complexity index is 1160. The largest absolute Gasteiger partial charge is 0.461 e. The number of carbonyl (C=O) groups excluding carboxylic acids is 1. The van der Waals surface area contributed by atoms with Crippen LogP contribution in [0.5, 0.6) is 0 Å². The van der Waals surface area contributed by atoms with Crippen molar-refractivity contribution in [1.82, 2.24) is 0 Å². The van der Waals surface area contributed by atoms with Crippen molar-refractivity contribution in [2.24, 2.45) is 9.98 Å². The van der Waals surface area contributed by atoms with Crippen LogP contribution in [0.4, 0.5) is 11.4 Å². The fraction of sp³-hybridized carbons (Fsp3) is 0.250.